The summed E-state index contributed by atoms with van der Waals surface area (Å²) < 4.78 is 0. The molecule has 1 aliphatic heterocycles. The highest BCUT2D eigenvalue weighted by atomic mass is 16.3. The van der Waals surface area contributed by atoms with Crippen molar-refractivity contribution in [3.63, 3.8) is 0 Å². The molecule has 0 aromatic carbocycles. The van der Waals surface area contributed by atoms with Gasteiger partial charge in [0.05, 0.1) is 5.69 Å². The molecule has 0 saturated carbocycles. The molecule has 102 valence electrons. The maximum absolute atomic E-state index is 9.44. The van der Waals surface area contributed by atoms with E-state index in [4.69, 9.17) is 0 Å². The van der Waals surface area contributed by atoms with Gasteiger partial charge in [0, 0.05) is 25.6 Å². The van der Waals surface area contributed by atoms with Crippen LogP contribution in [0.25, 0.3) is 0 Å². The molecular weight excluding hydrogens is 240 g/mol. The van der Waals surface area contributed by atoms with Crippen molar-refractivity contribution in [1.29, 1.82) is 5.26 Å². The van der Waals surface area contributed by atoms with Gasteiger partial charge in [-0.2, -0.15) is 10.4 Å². The van der Waals surface area contributed by atoms with Crippen molar-refractivity contribution in [2.24, 2.45) is 5.92 Å². The summed E-state index contributed by atoms with van der Waals surface area (Å²) in [5.74, 6) is 0.969. The van der Waals surface area contributed by atoms with E-state index >= 15 is 0 Å². The molecule has 1 saturated heterocycles. The molecule has 0 aliphatic carbocycles. The Labute approximate surface area is 113 Å². The standard InChI is InChI=1S/C14H20N4O/c1-3-11-12(7-15)14(17-16-13(11)4-2)18-6-5-10(8-18)9-19/h10,19H,3-6,8-9H2,1-2H3. The second-order valence-corrected chi connectivity index (χ2v) is 4.93. The average molecular weight is 260 g/mol. The van der Waals surface area contributed by atoms with Gasteiger partial charge in [0.2, 0.25) is 0 Å². The molecule has 5 heteroatoms. The van der Waals surface area contributed by atoms with E-state index in [9.17, 15) is 10.4 Å². The van der Waals surface area contributed by atoms with Crippen LogP contribution in [0.15, 0.2) is 0 Å². The summed E-state index contributed by atoms with van der Waals surface area (Å²) in [6.07, 6.45) is 2.54. The van der Waals surface area contributed by atoms with E-state index in [1.54, 1.807) is 0 Å². The summed E-state index contributed by atoms with van der Waals surface area (Å²) in [6, 6.07) is 2.29. The Morgan fingerprint density at radius 3 is 2.68 bits per heavy atom. The van der Waals surface area contributed by atoms with Crippen LogP contribution >= 0.6 is 0 Å². The first kappa shape index (κ1) is 13.8. The van der Waals surface area contributed by atoms with Crippen LogP contribution in [-0.2, 0) is 12.8 Å². The first-order valence-electron chi connectivity index (χ1n) is 6.89. The Morgan fingerprint density at radius 2 is 2.16 bits per heavy atom. The van der Waals surface area contributed by atoms with Crippen molar-refractivity contribution in [3.8, 4) is 6.07 Å². The van der Waals surface area contributed by atoms with Gasteiger partial charge in [-0.05, 0) is 24.8 Å². The zero-order valence-corrected chi connectivity index (χ0v) is 11.6. The molecule has 0 bridgehead atoms. The van der Waals surface area contributed by atoms with E-state index in [0.717, 1.165) is 43.6 Å². The highest BCUT2D eigenvalue weighted by Gasteiger charge is 2.26. The van der Waals surface area contributed by atoms with Gasteiger partial charge in [0.15, 0.2) is 5.82 Å². The predicted octanol–water partition coefficient (Wildman–Crippen LogP) is 1.29. The molecule has 0 radical (unpaired) electrons. The van der Waals surface area contributed by atoms with Crippen LogP contribution in [0.2, 0.25) is 0 Å². The lowest BCUT2D eigenvalue weighted by atomic mass is 10.0. The molecule has 1 aromatic rings. The highest BCUT2D eigenvalue weighted by molar-refractivity contribution is 5.58. The fourth-order valence-electron chi connectivity index (χ4n) is 2.68. The number of hydrogen-bond acceptors (Lipinski definition) is 5. The Balaban J connectivity index is 2.39. The minimum Gasteiger partial charge on any atom is -0.396 e. The normalized spacial score (nSPS) is 18.6. The Kier molecular flexibility index (Phi) is 4.33. The van der Waals surface area contributed by atoms with Crippen molar-refractivity contribution >= 4 is 5.82 Å². The zero-order valence-electron chi connectivity index (χ0n) is 11.6. The smallest absolute Gasteiger partial charge is 0.169 e. The van der Waals surface area contributed by atoms with E-state index in [1.807, 2.05) is 13.8 Å². The number of hydrogen-bond donors (Lipinski definition) is 1. The van der Waals surface area contributed by atoms with Crippen molar-refractivity contribution in [2.45, 2.75) is 33.1 Å². The van der Waals surface area contributed by atoms with Gasteiger partial charge < -0.3 is 10.0 Å². The summed E-state index contributed by atoms with van der Waals surface area (Å²) in [4.78, 5) is 2.07. The maximum atomic E-state index is 9.44. The molecule has 1 aromatic heterocycles. The Morgan fingerprint density at radius 1 is 1.37 bits per heavy atom. The van der Waals surface area contributed by atoms with Gasteiger partial charge in [-0.15, -0.1) is 5.10 Å². The first-order chi connectivity index (χ1) is 9.24. The van der Waals surface area contributed by atoms with Gasteiger partial charge in [-0.25, -0.2) is 0 Å². The number of aromatic nitrogens is 2. The Bertz CT molecular complexity index is 495. The molecular formula is C14H20N4O. The second kappa shape index (κ2) is 5.98. The van der Waals surface area contributed by atoms with Gasteiger partial charge in [-0.3, -0.25) is 0 Å². The van der Waals surface area contributed by atoms with E-state index in [0.29, 0.717) is 11.4 Å². The molecule has 19 heavy (non-hydrogen) atoms. The van der Waals surface area contributed by atoms with E-state index in [2.05, 4.69) is 21.2 Å². The minimum absolute atomic E-state index is 0.194. The molecule has 0 spiro atoms. The number of aryl methyl sites for hydroxylation is 1. The Hall–Kier alpha value is -1.67. The lowest BCUT2D eigenvalue weighted by molar-refractivity contribution is 0.238. The molecule has 1 aliphatic rings. The van der Waals surface area contributed by atoms with Crippen molar-refractivity contribution < 1.29 is 5.11 Å². The summed E-state index contributed by atoms with van der Waals surface area (Å²) >= 11 is 0. The number of anilines is 1. The summed E-state index contributed by atoms with van der Waals surface area (Å²) in [5.41, 5.74) is 2.59. The number of nitrogens with zero attached hydrogens (tertiary/aromatic N) is 4. The first-order valence-corrected chi connectivity index (χ1v) is 6.89. The largest absolute Gasteiger partial charge is 0.396 e. The third-order valence-electron chi connectivity index (χ3n) is 3.78. The van der Waals surface area contributed by atoms with Crippen LogP contribution in [-0.4, -0.2) is 35.0 Å². The van der Waals surface area contributed by atoms with Crippen molar-refractivity contribution in [2.75, 3.05) is 24.6 Å². The predicted molar refractivity (Wildman–Crippen MR) is 72.9 cm³/mol. The molecule has 2 rings (SSSR count). The van der Waals surface area contributed by atoms with Crippen molar-refractivity contribution in [1.82, 2.24) is 10.2 Å². The minimum atomic E-state index is 0.194. The number of aliphatic hydroxyl groups excluding tert-OH is 1. The molecule has 1 atom stereocenters. The molecule has 1 unspecified atom stereocenters. The second-order valence-electron chi connectivity index (χ2n) is 4.93. The van der Waals surface area contributed by atoms with Crippen LogP contribution in [0, 0.1) is 17.2 Å². The van der Waals surface area contributed by atoms with Gasteiger partial charge in [-0.1, -0.05) is 13.8 Å². The molecule has 1 N–H and O–H groups in total. The number of aliphatic hydroxyl groups is 1. The monoisotopic (exact) mass is 260 g/mol. The molecule has 0 amide bonds. The van der Waals surface area contributed by atoms with Crippen LogP contribution in [0.1, 0.15) is 37.1 Å². The van der Waals surface area contributed by atoms with Gasteiger partial charge in [0.1, 0.15) is 11.6 Å². The van der Waals surface area contributed by atoms with Gasteiger partial charge in [0.25, 0.3) is 0 Å². The number of nitriles is 1. The molecule has 2 heterocycles. The SMILES string of the molecule is CCc1nnc(N2CCC(CO)C2)c(C#N)c1CC. The summed E-state index contributed by atoms with van der Waals surface area (Å²) in [5, 5.41) is 27.2. The third-order valence-corrected chi connectivity index (χ3v) is 3.78. The fourth-order valence-corrected chi connectivity index (χ4v) is 2.68. The maximum Gasteiger partial charge on any atom is 0.169 e. The van der Waals surface area contributed by atoms with E-state index < -0.39 is 0 Å². The third kappa shape index (κ3) is 2.54. The lowest BCUT2D eigenvalue weighted by Gasteiger charge is -2.20. The van der Waals surface area contributed by atoms with E-state index in [1.165, 1.54) is 0 Å². The van der Waals surface area contributed by atoms with Crippen LogP contribution in [0.4, 0.5) is 5.82 Å². The van der Waals surface area contributed by atoms with Gasteiger partial charge >= 0.3 is 0 Å². The van der Waals surface area contributed by atoms with Crippen molar-refractivity contribution in [3.05, 3.63) is 16.8 Å². The molecule has 5 nitrogen and oxygen atoms in total. The quantitative estimate of drug-likeness (QED) is 0.883. The van der Waals surface area contributed by atoms with Crippen LogP contribution in [0.5, 0.6) is 0 Å². The topological polar surface area (TPSA) is 73.0 Å². The van der Waals surface area contributed by atoms with Crippen LogP contribution < -0.4 is 4.90 Å². The average Bonchev–Trinajstić information content (AvgIpc) is 2.94. The zero-order chi connectivity index (χ0) is 13.8. The number of rotatable bonds is 4. The summed E-state index contributed by atoms with van der Waals surface area (Å²) in [7, 11) is 0. The van der Waals surface area contributed by atoms with E-state index in [-0.39, 0.29) is 12.5 Å². The highest BCUT2D eigenvalue weighted by Crippen LogP contribution is 2.27. The summed E-state index contributed by atoms with van der Waals surface area (Å²) in [6.45, 7) is 5.86. The lowest BCUT2D eigenvalue weighted by Crippen LogP contribution is -2.24. The molecule has 1 fully saturated rings. The fraction of sp³-hybridized carbons (Fsp3) is 0.643. The van der Waals surface area contributed by atoms with Crippen LogP contribution in [0.3, 0.4) is 0 Å².